The Kier molecular flexibility index (Phi) is 6.68. The van der Waals surface area contributed by atoms with Gasteiger partial charge in [0, 0.05) is 22.0 Å². The summed E-state index contributed by atoms with van der Waals surface area (Å²) in [5.74, 6) is 0.0244. The largest absolute Gasteiger partial charge is 0.353 e. The number of hydrogen-bond acceptors (Lipinski definition) is 4. The van der Waals surface area contributed by atoms with Gasteiger partial charge in [0.05, 0.1) is 22.6 Å². The minimum Gasteiger partial charge on any atom is -0.353 e. The van der Waals surface area contributed by atoms with Crippen LogP contribution in [0.25, 0.3) is 0 Å². The first-order valence-corrected chi connectivity index (χ1v) is 10.7. The van der Waals surface area contributed by atoms with E-state index in [2.05, 4.69) is 16.7 Å². The predicted octanol–water partition coefficient (Wildman–Crippen LogP) is 5.74. The van der Waals surface area contributed by atoms with Crippen LogP contribution >= 0.6 is 23.4 Å². The molecule has 1 atom stereocenters. The smallest absolute Gasteiger partial charge is 0.254 e. The number of nitrogens with zero attached hydrogens (tertiary/aromatic N) is 1. The third-order valence-electron chi connectivity index (χ3n) is 4.79. The summed E-state index contributed by atoms with van der Waals surface area (Å²) in [5.41, 5.74) is 4.18. The molecule has 1 aliphatic heterocycles. The molecule has 0 saturated heterocycles. The number of carbonyl (C=O) groups excluding carboxylic acids is 1. The van der Waals surface area contributed by atoms with Crippen molar-refractivity contribution in [3.63, 3.8) is 0 Å². The predicted molar refractivity (Wildman–Crippen MR) is 121 cm³/mol. The van der Waals surface area contributed by atoms with Crippen LogP contribution in [0.15, 0.2) is 70.4 Å². The molecule has 6 heteroatoms. The Hall–Kier alpha value is -2.68. The molecule has 0 bridgehead atoms. The van der Waals surface area contributed by atoms with Gasteiger partial charge in [0.25, 0.3) is 5.91 Å². The van der Waals surface area contributed by atoms with E-state index in [1.807, 2.05) is 63.2 Å². The Morgan fingerprint density at radius 3 is 2.55 bits per heavy atom. The van der Waals surface area contributed by atoms with Gasteiger partial charge >= 0.3 is 0 Å². The van der Waals surface area contributed by atoms with Crippen molar-refractivity contribution < 1.29 is 4.79 Å². The molecule has 0 radical (unpaired) electrons. The molecule has 0 aliphatic carbocycles. The van der Waals surface area contributed by atoms with Crippen LogP contribution < -0.4 is 10.6 Å². The zero-order chi connectivity index (χ0) is 21.0. The second-order valence-electron chi connectivity index (χ2n) is 6.67. The lowest BCUT2D eigenvalue weighted by Crippen LogP contribution is -2.31. The summed E-state index contributed by atoms with van der Waals surface area (Å²) in [6.45, 7) is 5.83. The minimum atomic E-state index is -0.534. The zero-order valence-electron chi connectivity index (χ0n) is 16.5. The van der Waals surface area contributed by atoms with Gasteiger partial charge in [-0.2, -0.15) is 5.26 Å². The lowest BCUT2D eigenvalue weighted by atomic mass is 9.82. The lowest BCUT2D eigenvalue weighted by Gasteiger charge is -2.30. The summed E-state index contributed by atoms with van der Waals surface area (Å²) in [5, 5.41) is 17.5. The third kappa shape index (κ3) is 4.34. The maximum absolute atomic E-state index is 13.4. The summed E-state index contributed by atoms with van der Waals surface area (Å²) >= 11 is 8.04. The van der Waals surface area contributed by atoms with Gasteiger partial charge in [-0.3, -0.25) is 4.79 Å². The van der Waals surface area contributed by atoms with Gasteiger partial charge in [-0.1, -0.05) is 54.9 Å². The Morgan fingerprint density at radius 2 is 1.90 bits per heavy atom. The lowest BCUT2D eigenvalue weighted by molar-refractivity contribution is -0.113. The van der Waals surface area contributed by atoms with Crippen molar-refractivity contribution >= 4 is 35.0 Å². The quantitative estimate of drug-likeness (QED) is 0.643. The van der Waals surface area contributed by atoms with Crippen molar-refractivity contribution in [2.45, 2.75) is 26.7 Å². The van der Waals surface area contributed by atoms with Crippen molar-refractivity contribution in [2.24, 2.45) is 0 Å². The van der Waals surface area contributed by atoms with E-state index in [1.54, 1.807) is 17.8 Å². The fourth-order valence-electron chi connectivity index (χ4n) is 3.39. The highest BCUT2D eigenvalue weighted by atomic mass is 35.5. The van der Waals surface area contributed by atoms with Gasteiger partial charge in [0.15, 0.2) is 0 Å². The molecule has 2 aromatic rings. The maximum Gasteiger partial charge on any atom is 0.254 e. The Labute approximate surface area is 180 Å². The van der Waals surface area contributed by atoms with Crippen molar-refractivity contribution in [1.82, 2.24) is 5.32 Å². The second-order valence-corrected chi connectivity index (χ2v) is 8.36. The van der Waals surface area contributed by atoms with Crippen molar-refractivity contribution in [3.8, 4) is 6.07 Å². The first-order valence-electron chi connectivity index (χ1n) is 9.34. The number of rotatable bonds is 5. The Bertz CT molecular complexity index is 1050. The molecule has 0 fully saturated rings. The van der Waals surface area contributed by atoms with Crippen LogP contribution in [-0.2, 0) is 4.79 Å². The molecule has 2 N–H and O–H groups in total. The molecule has 4 nitrogen and oxygen atoms in total. The molecule has 29 heavy (non-hydrogen) atoms. The number of dihydropyridines is 1. The Morgan fingerprint density at radius 1 is 1.21 bits per heavy atom. The second kappa shape index (κ2) is 9.21. The van der Waals surface area contributed by atoms with Gasteiger partial charge in [-0.15, -0.1) is 11.8 Å². The molecule has 1 amide bonds. The molecular weight excluding hydrogens is 402 g/mol. The molecule has 1 heterocycles. The molecule has 1 unspecified atom stereocenters. The van der Waals surface area contributed by atoms with E-state index in [4.69, 9.17) is 11.6 Å². The number of amides is 1. The Balaban J connectivity index is 2.12. The summed E-state index contributed by atoms with van der Waals surface area (Å²) in [4.78, 5) is 13.4. The fourth-order valence-corrected chi connectivity index (χ4v) is 4.47. The average molecular weight is 424 g/mol. The average Bonchev–Trinajstić information content (AvgIpc) is 2.70. The maximum atomic E-state index is 13.4. The van der Waals surface area contributed by atoms with Gasteiger partial charge in [0.1, 0.15) is 0 Å². The van der Waals surface area contributed by atoms with Crippen LogP contribution in [0.4, 0.5) is 5.69 Å². The standard InChI is InChI=1S/C23H22ClN3OS/c1-4-29-23-17(13-25)21(16-10-6-7-11-18(16)24)20(15(3)26-23)22(28)27-19-12-8-5-9-14(19)2/h5-12,21,26H,4H2,1-3H3,(H,27,28). The zero-order valence-corrected chi connectivity index (χ0v) is 18.1. The highest BCUT2D eigenvalue weighted by molar-refractivity contribution is 8.03. The minimum absolute atomic E-state index is 0.248. The van der Waals surface area contributed by atoms with E-state index in [0.29, 0.717) is 16.2 Å². The number of hydrogen-bond donors (Lipinski definition) is 2. The number of allylic oxidation sites excluding steroid dienone is 2. The van der Waals surface area contributed by atoms with E-state index in [0.717, 1.165) is 33.3 Å². The molecule has 0 spiro atoms. The molecule has 3 rings (SSSR count). The summed E-state index contributed by atoms with van der Waals surface area (Å²) in [6, 6.07) is 17.3. The molecular formula is C23H22ClN3OS. The topological polar surface area (TPSA) is 64.9 Å². The number of nitriles is 1. The van der Waals surface area contributed by atoms with E-state index in [9.17, 15) is 10.1 Å². The number of nitrogens with one attached hydrogen (secondary N) is 2. The first-order chi connectivity index (χ1) is 14.0. The fraction of sp³-hybridized carbons (Fsp3) is 0.217. The number of benzene rings is 2. The van der Waals surface area contributed by atoms with Gasteiger partial charge in [-0.05, 0) is 42.9 Å². The van der Waals surface area contributed by atoms with Crippen LogP contribution in [0, 0.1) is 18.3 Å². The molecule has 0 saturated carbocycles. The number of thioether (sulfide) groups is 1. The van der Waals surface area contributed by atoms with Crippen molar-refractivity contribution in [2.75, 3.05) is 11.1 Å². The molecule has 148 valence electrons. The summed E-state index contributed by atoms with van der Waals surface area (Å²) < 4.78 is 0. The number of para-hydroxylation sites is 1. The summed E-state index contributed by atoms with van der Waals surface area (Å²) in [7, 11) is 0. The van der Waals surface area contributed by atoms with E-state index < -0.39 is 5.92 Å². The number of halogens is 1. The highest BCUT2D eigenvalue weighted by Gasteiger charge is 2.35. The van der Waals surface area contributed by atoms with E-state index in [-0.39, 0.29) is 5.91 Å². The monoisotopic (exact) mass is 423 g/mol. The highest BCUT2D eigenvalue weighted by Crippen LogP contribution is 2.43. The molecule has 0 aromatic heterocycles. The summed E-state index contributed by atoms with van der Waals surface area (Å²) in [6.07, 6.45) is 0. The molecule has 2 aromatic carbocycles. The SMILES string of the molecule is CCSC1=C(C#N)C(c2ccccc2Cl)C(C(=O)Nc2ccccc2C)=C(C)N1. The van der Waals surface area contributed by atoms with Gasteiger partial charge in [-0.25, -0.2) is 0 Å². The number of aryl methyl sites for hydroxylation is 1. The van der Waals surface area contributed by atoms with Crippen LogP contribution in [0.3, 0.4) is 0 Å². The van der Waals surface area contributed by atoms with Gasteiger partial charge < -0.3 is 10.6 Å². The van der Waals surface area contributed by atoms with Crippen LogP contribution in [0.2, 0.25) is 5.02 Å². The normalized spacial score (nSPS) is 16.3. The van der Waals surface area contributed by atoms with E-state index in [1.165, 1.54) is 0 Å². The van der Waals surface area contributed by atoms with Crippen LogP contribution in [-0.4, -0.2) is 11.7 Å². The number of anilines is 1. The van der Waals surface area contributed by atoms with Crippen molar-refractivity contribution in [3.05, 3.63) is 86.6 Å². The molecule has 1 aliphatic rings. The number of carbonyl (C=O) groups is 1. The van der Waals surface area contributed by atoms with Crippen LogP contribution in [0.1, 0.15) is 30.9 Å². The van der Waals surface area contributed by atoms with Gasteiger partial charge in [0.2, 0.25) is 0 Å². The van der Waals surface area contributed by atoms with Crippen LogP contribution in [0.5, 0.6) is 0 Å². The third-order valence-corrected chi connectivity index (χ3v) is 6.03. The first kappa shape index (κ1) is 21.0. The van der Waals surface area contributed by atoms with E-state index >= 15 is 0 Å². The van der Waals surface area contributed by atoms with Crippen molar-refractivity contribution in [1.29, 1.82) is 5.26 Å².